The molecule has 0 saturated heterocycles. The monoisotopic (exact) mass is 237 g/mol. The Morgan fingerprint density at radius 1 is 1.47 bits per heavy atom. The molecule has 1 aromatic rings. The molecule has 2 atom stereocenters. The Bertz CT molecular complexity index is 335. The van der Waals surface area contributed by atoms with E-state index in [9.17, 15) is 5.11 Å². The van der Waals surface area contributed by atoms with Gasteiger partial charge < -0.3 is 14.6 Å². The molecule has 0 aromatic carbocycles. The minimum absolute atomic E-state index is 0.200. The maximum atomic E-state index is 9.27. The van der Waals surface area contributed by atoms with Gasteiger partial charge in [0.15, 0.2) is 0 Å². The van der Waals surface area contributed by atoms with E-state index in [1.165, 1.54) is 0 Å². The Labute approximate surface area is 102 Å². The van der Waals surface area contributed by atoms with Crippen LogP contribution in [0.4, 0.5) is 0 Å². The van der Waals surface area contributed by atoms with Gasteiger partial charge in [-0.3, -0.25) is 4.98 Å². The summed E-state index contributed by atoms with van der Waals surface area (Å²) in [5.74, 6) is 0.706. The van der Waals surface area contributed by atoms with Crippen LogP contribution in [0.15, 0.2) is 31.0 Å². The first-order chi connectivity index (χ1) is 8.13. The highest BCUT2D eigenvalue weighted by Gasteiger charge is 2.09. The molecular formula is C13H19NO3. The first-order valence-corrected chi connectivity index (χ1v) is 5.61. The van der Waals surface area contributed by atoms with Gasteiger partial charge in [-0.25, -0.2) is 0 Å². The highest BCUT2D eigenvalue weighted by molar-refractivity contribution is 5.19. The molecule has 94 valence electrons. The van der Waals surface area contributed by atoms with Crippen molar-refractivity contribution in [3.63, 3.8) is 0 Å². The molecule has 0 aliphatic carbocycles. The highest BCUT2D eigenvalue weighted by Crippen LogP contribution is 2.10. The fourth-order valence-electron chi connectivity index (χ4n) is 1.09. The average Bonchev–Trinajstić information content (AvgIpc) is 2.34. The van der Waals surface area contributed by atoms with Gasteiger partial charge in [0.1, 0.15) is 12.4 Å². The number of aliphatic hydroxyl groups is 1. The van der Waals surface area contributed by atoms with E-state index in [1.807, 2.05) is 19.1 Å². The maximum Gasteiger partial charge on any atom is 0.138 e. The van der Waals surface area contributed by atoms with Crippen LogP contribution in [0.1, 0.15) is 19.5 Å². The van der Waals surface area contributed by atoms with Crippen molar-refractivity contribution in [1.29, 1.82) is 0 Å². The molecule has 0 aliphatic rings. The van der Waals surface area contributed by atoms with Crippen molar-refractivity contribution in [2.45, 2.75) is 32.7 Å². The van der Waals surface area contributed by atoms with Crippen molar-refractivity contribution in [2.24, 2.45) is 0 Å². The molecule has 1 unspecified atom stereocenters. The van der Waals surface area contributed by atoms with Gasteiger partial charge >= 0.3 is 0 Å². The molecule has 1 N–H and O–H groups in total. The normalized spacial score (nSPS) is 14.1. The number of rotatable bonds is 7. The zero-order chi connectivity index (χ0) is 12.7. The second-order valence-electron chi connectivity index (χ2n) is 3.84. The number of hydrogen-bond acceptors (Lipinski definition) is 4. The number of pyridine rings is 1. The first kappa shape index (κ1) is 13.7. The van der Waals surface area contributed by atoms with Crippen molar-refractivity contribution < 1.29 is 14.6 Å². The van der Waals surface area contributed by atoms with Crippen LogP contribution in [0, 0.1) is 0 Å². The predicted molar refractivity (Wildman–Crippen MR) is 65.9 cm³/mol. The van der Waals surface area contributed by atoms with Gasteiger partial charge in [0, 0.05) is 0 Å². The van der Waals surface area contributed by atoms with Crippen LogP contribution in [-0.4, -0.2) is 28.9 Å². The molecule has 0 radical (unpaired) electrons. The summed E-state index contributed by atoms with van der Waals surface area (Å²) in [6.45, 7) is 7.95. The quantitative estimate of drug-likeness (QED) is 0.736. The number of nitrogens with zero attached hydrogens (tertiary/aromatic N) is 1. The summed E-state index contributed by atoms with van der Waals surface area (Å²) in [5, 5.41) is 9.27. The SMILES string of the molecule is C=CCOc1ccc(COC(C)[C@H](C)O)nc1. The van der Waals surface area contributed by atoms with Crippen LogP contribution in [0.5, 0.6) is 5.75 Å². The summed E-state index contributed by atoms with van der Waals surface area (Å²) in [6, 6.07) is 3.68. The van der Waals surface area contributed by atoms with Gasteiger partial charge in [-0.15, -0.1) is 0 Å². The lowest BCUT2D eigenvalue weighted by Gasteiger charge is -2.15. The van der Waals surface area contributed by atoms with Gasteiger partial charge in [-0.05, 0) is 26.0 Å². The molecule has 0 fully saturated rings. The summed E-state index contributed by atoms with van der Waals surface area (Å²) in [4.78, 5) is 4.20. The Hall–Kier alpha value is -1.39. The van der Waals surface area contributed by atoms with E-state index in [0.717, 1.165) is 5.69 Å². The molecule has 1 aromatic heterocycles. The molecule has 0 aliphatic heterocycles. The van der Waals surface area contributed by atoms with Crippen LogP contribution in [0.25, 0.3) is 0 Å². The van der Waals surface area contributed by atoms with Gasteiger partial charge in [0.25, 0.3) is 0 Å². The molecule has 0 spiro atoms. The van der Waals surface area contributed by atoms with Crippen LogP contribution in [-0.2, 0) is 11.3 Å². The lowest BCUT2D eigenvalue weighted by Crippen LogP contribution is -2.22. The van der Waals surface area contributed by atoms with Crippen LogP contribution < -0.4 is 4.74 Å². The van der Waals surface area contributed by atoms with Crippen molar-refractivity contribution in [2.75, 3.05) is 6.61 Å². The minimum Gasteiger partial charge on any atom is -0.488 e. The molecule has 0 saturated carbocycles. The maximum absolute atomic E-state index is 9.27. The standard InChI is InChI=1S/C13H19NO3/c1-4-7-16-13-6-5-12(14-8-13)9-17-11(3)10(2)15/h4-6,8,10-11,15H,1,7,9H2,2-3H3/t10-,11?/m0/s1. The molecular weight excluding hydrogens is 218 g/mol. The molecule has 0 amide bonds. The summed E-state index contributed by atoms with van der Waals surface area (Å²) in [5.41, 5.74) is 0.809. The first-order valence-electron chi connectivity index (χ1n) is 5.61. The average molecular weight is 237 g/mol. The number of hydrogen-bond donors (Lipinski definition) is 1. The predicted octanol–water partition coefficient (Wildman–Crippen LogP) is 1.93. The Balaban J connectivity index is 2.42. The van der Waals surface area contributed by atoms with E-state index in [2.05, 4.69) is 11.6 Å². The van der Waals surface area contributed by atoms with E-state index < -0.39 is 6.10 Å². The fourth-order valence-corrected chi connectivity index (χ4v) is 1.09. The number of aromatic nitrogens is 1. The van der Waals surface area contributed by atoms with Crippen molar-refractivity contribution in [3.8, 4) is 5.75 Å². The third kappa shape index (κ3) is 4.97. The van der Waals surface area contributed by atoms with E-state index >= 15 is 0 Å². The van der Waals surface area contributed by atoms with Gasteiger partial charge in [0.05, 0.1) is 30.7 Å². The van der Waals surface area contributed by atoms with E-state index in [1.54, 1.807) is 19.2 Å². The summed E-state index contributed by atoms with van der Waals surface area (Å²) in [6.07, 6.45) is 2.65. The largest absolute Gasteiger partial charge is 0.488 e. The number of aliphatic hydroxyl groups excluding tert-OH is 1. The topological polar surface area (TPSA) is 51.6 Å². The third-order valence-electron chi connectivity index (χ3n) is 2.34. The van der Waals surface area contributed by atoms with E-state index in [0.29, 0.717) is 19.0 Å². The van der Waals surface area contributed by atoms with Crippen molar-refractivity contribution in [1.82, 2.24) is 4.98 Å². The van der Waals surface area contributed by atoms with Gasteiger partial charge in [-0.1, -0.05) is 12.7 Å². The Morgan fingerprint density at radius 3 is 2.76 bits per heavy atom. The van der Waals surface area contributed by atoms with Gasteiger partial charge in [0.2, 0.25) is 0 Å². The smallest absolute Gasteiger partial charge is 0.138 e. The number of ether oxygens (including phenoxy) is 2. The fraction of sp³-hybridized carbons (Fsp3) is 0.462. The molecule has 1 heterocycles. The Kier molecular flexibility index (Phi) is 5.66. The molecule has 0 bridgehead atoms. The van der Waals surface area contributed by atoms with E-state index in [4.69, 9.17) is 9.47 Å². The summed E-state index contributed by atoms with van der Waals surface area (Å²) < 4.78 is 10.8. The molecule has 4 nitrogen and oxygen atoms in total. The second kappa shape index (κ2) is 7.04. The van der Waals surface area contributed by atoms with Crippen LogP contribution in [0.3, 0.4) is 0 Å². The second-order valence-corrected chi connectivity index (χ2v) is 3.84. The summed E-state index contributed by atoms with van der Waals surface area (Å²) >= 11 is 0. The molecule has 1 rings (SSSR count). The van der Waals surface area contributed by atoms with Crippen LogP contribution >= 0.6 is 0 Å². The summed E-state index contributed by atoms with van der Waals surface area (Å²) in [7, 11) is 0. The van der Waals surface area contributed by atoms with Gasteiger partial charge in [-0.2, -0.15) is 0 Å². The zero-order valence-corrected chi connectivity index (χ0v) is 10.3. The minimum atomic E-state index is -0.481. The van der Waals surface area contributed by atoms with Crippen molar-refractivity contribution >= 4 is 0 Å². The van der Waals surface area contributed by atoms with E-state index in [-0.39, 0.29) is 6.10 Å². The van der Waals surface area contributed by atoms with Crippen LogP contribution in [0.2, 0.25) is 0 Å². The highest BCUT2D eigenvalue weighted by atomic mass is 16.5. The molecule has 17 heavy (non-hydrogen) atoms. The molecule has 4 heteroatoms. The Morgan fingerprint density at radius 2 is 2.24 bits per heavy atom. The van der Waals surface area contributed by atoms with Crippen molar-refractivity contribution in [3.05, 3.63) is 36.7 Å². The zero-order valence-electron chi connectivity index (χ0n) is 10.3. The third-order valence-corrected chi connectivity index (χ3v) is 2.34. The lowest BCUT2D eigenvalue weighted by atomic mass is 10.2. The lowest BCUT2D eigenvalue weighted by molar-refractivity contribution is -0.0279.